The van der Waals surface area contributed by atoms with Gasteiger partial charge >= 0.3 is 0 Å². The fourth-order valence-corrected chi connectivity index (χ4v) is 5.08. The molecule has 35 heavy (non-hydrogen) atoms. The van der Waals surface area contributed by atoms with E-state index in [1.165, 1.54) is 25.3 Å². The molecule has 10 heteroatoms. The molecule has 2 atom stereocenters. The molecule has 1 aromatic carbocycles. The van der Waals surface area contributed by atoms with Gasteiger partial charge in [0.25, 0.3) is 0 Å². The van der Waals surface area contributed by atoms with Gasteiger partial charge in [-0.1, -0.05) is 18.2 Å². The van der Waals surface area contributed by atoms with Gasteiger partial charge in [-0.3, -0.25) is 24.1 Å². The molecule has 2 aromatic rings. The molecule has 2 fully saturated rings. The molecular weight excluding hydrogens is 455 g/mol. The number of hydrogen-bond acceptors (Lipinski definition) is 6. The lowest BCUT2D eigenvalue weighted by atomic mass is 9.75. The Hall–Kier alpha value is -3.40. The molecule has 4 rings (SSSR count). The van der Waals surface area contributed by atoms with Gasteiger partial charge in [0.1, 0.15) is 5.82 Å². The molecule has 2 aliphatic heterocycles. The van der Waals surface area contributed by atoms with Crippen molar-refractivity contribution >= 4 is 23.5 Å². The Labute approximate surface area is 202 Å². The minimum Gasteiger partial charge on any atom is -0.383 e. The first kappa shape index (κ1) is 24.7. The molecule has 0 spiro atoms. The fourth-order valence-electron chi connectivity index (χ4n) is 5.08. The quantitative estimate of drug-likeness (QED) is 0.418. The summed E-state index contributed by atoms with van der Waals surface area (Å²) < 4.78 is 21.6. The Morgan fingerprint density at radius 2 is 2.03 bits per heavy atom. The highest BCUT2D eigenvalue weighted by molar-refractivity contribution is 6.10. The van der Waals surface area contributed by atoms with E-state index >= 15 is 0 Å². The minimum absolute atomic E-state index is 0.0303. The molecule has 2 unspecified atom stereocenters. The van der Waals surface area contributed by atoms with Gasteiger partial charge < -0.3 is 14.2 Å². The van der Waals surface area contributed by atoms with Crippen LogP contribution in [0.5, 0.6) is 0 Å². The number of piperidine rings is 1. The zero-order chi connectivity index (χ0) is 25.2. The van der Waals surface area contributed by atoms with Crippen LogP contribution in [0.1, 0.15) is 41.9 Å². The maximum Gasteiger partial charge on any atom is 0.241 e. The van der Waals surface area contributed by atoms with Gasteiger partial charge in [0.15, 0.2) is 5.82 Å². The topological polar surface area (TPSA) is 102 Å². The summed E-state index contributed by atoms with van der Waals surface area (Å²) in [5.74, 6) is -2.33. The Morgan fingerprint density at radius 1 is 1.26 bits per heavy atom. The molecule has 3 heterocycles. The van der Waals surface area contributed by atoms with Crippen molar-refractivity contribution in [2.75, 3.05) is 33.4 Å². The van der Waals surface area contributed by atoms with E-state index in [1.54, 1.807) is 35.0 Å². The third kappa shape index (κ3) is 4.62. The van der Waals surface area contributed by atoms with E-state index in [1.807, 2.05) is 0 Å². The number of hydrogen-bond donors (Lipinski definition) is 0. The van der Waals surface area contributed by atoms with E-state index < -0.39 is 29.0 Å². The fraction of sp³-hybridized carbons (Fsp3) is 0.480. The van der Waals surface area contributed by atoms with Gasteiger partial charge in [0.2, 0.25) is 23.5 Å². The highest BCUT2D eigenvalue weighted by atomic mass is 19.1. The second-order valence-electron chi connectivity index (χ2n) is 9.16. The van der Waals surface area contributed by atoms with Crippen LogP contribution in [0.25, 0.3) is 0 Å². The normalized spacial score (nSPS) is 22.7. The smallest absolute Gasteiger partial charge is 0.241 e. The van der Waals surface area contributed by atoms with E-state index in [0.29, 0.717) is 25.2 Å². The minimum atomic E-state index is -1.64. The summed E-state index contributed by atoms with van der Waals surface area (Å²) in [7, 11) is 3.19. The zero-order valence-corrected chi connectivity index (χ0v) is 19.9. The first-order valence-corrected chi connectivity index (χ1v) is 11.7. The summed E-state index contributed by atoms with van der Waals surface area (Å²) >= 11 is 0. The number of carbonyl (C=O) groups is 4. The summed E-state index contributed by atoms with van der Waals surface area (Å²) in [4.78, 5) is 59.5. The number of aryl methyl sites for hydroxylation is 1. The summed E-state index contributed by atoms with van der Waals surface area (Å²) in [6, 6.07) is 5.76. The van der Waals surface area contributed by atoms with Gasteiger partial charge in [-0.15, -0.1) is 0 Å². The maximum atomic E-state index is 14.9. The first-order valence-electron chi connectivity index (χ1n) is 11.7. The Morgan fingerprint density at radius 3 is 2.71 bits per heavy atom. The molecule has 0 radical (unpaired) electrons. The number of imidazole rings is 1. The lowest BCUT2D eigenvalue weighted by Gasteiger charge is -2.35. The number of Topliss-reactive ketones (excluding diaryl/α,β-unsaturated/α-hetero) is 1. The number of imide groups is 1. The predicted octanol–water partition coefficient (Wildman–Crippen LogP) is 1.71. The van der Waals surface area contributed by atoms with Crippen molar-refractivity contribution in [2.24, 2.45) is 13.0 Å². The molecule has 0 N–H and O–H groups in total. The van der Waals surface area contributed by atoms with Gasteiger partial charge in [-0.2, -0.15) is 0 Å². The summed E-state index contributed by atoms with van der Waals surface area (Å²) in [5.41, 5.74) is -1.60. The number of benzene rings is 1. The molecule has 186 valence electrons. The Bertz CT molecular complexity index is 1150. The average molecular weight is 485 g/mol. The number of rotatable bonds is 8. The lowest BCUT2D eigenvalue weighted by molar-refractivity contribution is -0.143. The van der Waals surface area contributed by atoms with Crippen LogP contribution in [-0.4, -0.2) is 76.2 Å². The van der Waals surface area contributed by atoms with Crippen LogP contribution >= 0.6 is 0 Å². The van der Waals surface area contributed by atoms with E-state index in [4.69, 9.17) is 4.74 Å². The zero-order valence-electron chi connectivity index (χ0n) is 19.9. The van der Waals surface area contributed by atoms with Crippen molar-refractivity contribution in [3.8, 4) is 0 Å². The molecule has 9 nitrogen and oxygen atoms in total. The number of likely N-dealkylation sites (tertiary alicyclic amines) is 2. The summed E-state index contributed by atoms with van der Waals surface area (Å²) in [6.45, 7) is 0.782. The van der Waals surface area contributed by atoms with Crippen molar-refractivity contribution in [1.82, 2.24) is 19.4 Å². The van der Waals surface area contributed by atoms with Crippen LogP contribution in [-0.2, 0) is 31.6 Å². The van der Waals surface area contributed by atoms with Gasteiger partial charge in [0, 0.05) is 64.0 Å². The van der Waals surface area contributed by atoms with Gasteiger partial charge in [-0.05, 0) is 18.9 Å². The SMILES string of the molecule is COCCN1C(=O)CC(CC(=O)N2CCCC(C(=O)c3nccn3C)C2)(c2ccccc2F)C1=O. The Kier molecular flexibility index (Phi) is 7.11. The highest BCUT2D eigenvalue weighted by Crippen LogP contribution is 2.41. The first-order chi connectivity index (χ1) is 16.8. The summed E-state index contributed by atoms with van der Waals surface area (Å²) in [5, 5.41) is 0. The van der Waals surface area contributed by atoms with Crippen molar-refractivity contribution in [1.29, 1.82) is 0 Å². The van der Waals surface area contributed by atoms with Crippen LogP contribution in [0.4, 0.5) is 4.39 Å². The summed E-state index contributed by atoms with van der Waals surface area (Å²) in [6.07, 6.45) is 3.82. The largest absolute Gasteiger partial charge is 0.383 e. The predicted molar refractivity (Wildman–Crippen MR) is 123 cm³/mol. The number of amides is 3. The van der Waals surface area contributed by atoms with Crippen molar-refractivity contribution in [3.63, 3.8) is 0 Å². The van der Waals surface area contributed by atoms with Gasteiger partial charge in [0.05, 0.1) is 18.6 Å². The molecule has 0 aliphatic carbocycles. The van der Waals surface area contributed by atoms with Crippen LogP contribution in [0.15, 0.2) is 36.7 Å². The lowest BCUT2D eigenvalue weighted by Crippen LogP contribution is -2.47. The third-order valence-electron chi connectivity index (χ3n) is 6.96. The molecule has 2 aliphatic rings. The molecule has 2 saturated heterocycles. The Balaban J connectivity index is 1.59. The number of aromatic nitrogens is 2. The number of ether oxygens (including phenoxy) is 1. The van der Waals surface area contributed by atoms with Crippen molar-refractivity contribution < 1.29 is 28.3 Å². The van der Waals surface area contributed by atoms with Crippen molar-refractivity contribution in [3.05, 3.63) is 53.9 Å². The molecule has 0 bridgehead atoms. The number of methoxy groups -OCH3 is 1. The second kappa shape index (κ2) is 10.1. The molecule has 1 aromatic heterocycles. The number of nitrogens with zero attached hydrogens (tertiary/aromatic N) is 4. The van der Waals surface area contributed by atoms with Gasteiger partial charge in [-0.25, -0.2) is 9.37 Å². The third-order valence-corrected chi connectivity index (χ3v) is 6.96. The van der Waals surface area contributed by atoms with Crippen LogP contribution in [0.2, 0.25) is 0 Å². The monoisotopic (exact) mass is 484 g/mol. The molecule has 3 amide bonds. The maximum absolute atomic E-state index is 14.9. The molecule has 0 saturated carbocycles. The van der Waals surface area contributed by atoms with Crippen LogP contribution in [0, 0.1) is 11.7 Å². The van der Waals surface area contributed by atoms with E-state index in [-0.39, 0.29) is 49.8 Å². The van der Waals surface area contributed by atoms with Crippen molar-refractivity contribution in [2.45, 2.75) is 31.1 Å². The standard InChI is InChI=1S/C25H29FN4O5/c1-28-11-9-27-23(28)22(33)17-6-5-10-29(16-17)20(31)14-25(18-7-3-4-8-19(18)26)15-21(32)30(24(25)34)12-13-35-2/h3-4,7-9,11,17H,5-6,10,12-16H2,1-2H3. The van der Waals surface area contributed by atoms with Crippen LogP contribution < -0.4 is 0 Å². The number of halogens is 1. The number of carbonyl (C=O) groups excluding carboxylic acids is 4. The van der Waals surface area contributed by atoms with E-state index in [9.17, 15) is 23.6 Å². The molecular formula is C25H29FN4O5. The highest BCUT2D eigenvalue weighted by Gasteiger charge is 2.55. The second-order valence-corrected chi connectivity index (χ2v) is 9.16. The van der Waals surface area contributed by atoms with E-state index in [2.05, 4.69) is 4.98 Å². The average Bonchev–Trinajstić information content (AvgIpc) is 3.38. The van der Waals surface area contributed by atoms with E-state index in [0.717, 1.165) is 4.90 Å². The van der Waals surface area contributed by atoms with Crippen LogP contribution in [0.3, 0.4) is 0 Å². The number of ketones is 1.